The monoisotopic (exact) mass is 399 g/mol. The van der Waals surface area contributed by atoms with Crippen LogP contribution in [0.4, 0.5) is 0 Å². The predicted octanol–water partition coefficient (Wildman–Crippen LogP) is 5.06. The number of esters is 1. The molecule has 0 bridgehead atoms. The highest BCUT2D eigenvalue weighted by atomic mass is 16.7. The van der Waals surface area contributed by atoms with E-state index in [-0.39, 0.29) is 18.4 Å². The summed E-state index contributed by atoms with van der Waals surface area (Å²) in [6.45, 7) is 9.94. The summed E-state index contributed by atoms with van der Waals surface area (Å²) in [6.07, 6.45) is 12.5. The molecule has 0 aliphatic carbocycles. The smallest absolute Gasteiger partial charge is 0.302 e. The van der Waals surface area contributed by atoms with Crippen LogP contribution >= 0.6 is 0 Å². The molecule has 166 valence electrons. The van der Waals surface area contributed by atoms with Gasteiger partial charge < -0.3 is 19.9 Å². The Kier molecular flexibility index (Phi) is 13.8. The number of ether oxygens (including phenoxy) is 3. The molecule has 1 heterocycles. The molecule has 2 N–H and O–H groups in total. The van der Waals surface area contributed by atoms with Crippen molar-refractivity contribution >= 4 is 5.97 Å². The first-order valence-corrected chi connectivity index (χ1v) is 11.6. The summed E-state index contributed by atoms with van der Waals surface area (Å²) in [4.78, 5) is 11.1. The van der Waals surface area contributed by atoms with Gasteiger partial charge in [-0.3, -0.25) is 4.79 Å². The van der Waals surface area contributed by atoms with Crippen molar-refractivity contribution < 1.29 is 19.0 Å². The van der Waals surface area contributed by atoms with E-state index >= 15 is 0 Å². The summed E-state index contributed by atoms with van der Waals surface area (Å²) >= 11 is 0. The van der Waals surface area contributed by atoms with E-state index < -0.39 is 0 Å². The third kappa shape index (κ3) is 10.2. The minimum absolute atomic E-state index is 0.0787. The minimum atomic E-state index is -0.255. The summed E-state index contributed by atoms with van der Waals surface area (Å²) in [5.41, 5.74) is 5.51. The summed E-state index contributed by atoms with van der Waals surface area (Å²) in [6, 6.07) is 0. The molecule has 0 aromatic rings. The first-order valence-electron chi connectivity index (χ1n) is 11.6. The van der Waals surface area contributed by atoms with Gasteiger partial charge >= 0.3 is 5.97 Å². The number of hydrogen-bond donors (Lipinski definition) is 1. The van der Waals surface area contributed by atoms with E-state index in [2.05, 4.69) is 20.8 Å². The van der Waals surface area contributed by atoms with Crippen molar-refractivity contribution in [1.82, 2.24) is 0 Å². The fourth-order valence-electron chi connectivity index (χ4n) is 3.93. The summed E-state index contributed by atoms with van der Waals surface area (Å²) in [7, 11) is 0. The largest absolute Gasteiger partial charge is 0.463 e. The first kappa shape index (κ1) is 25.4. The van der Waals surface area contributed by atoms with Crippen LogP contribution in [0.5, 0.6) is 0 Å². The van der Waals surface area contributed by atoms with E-state index in [1.807, 2.05) is 0 Å². The van der Waals surface area contributed by atoms with Gasteiger partial charge in [0.15, 0.2) is 6.29 Å². The lowest BCUT2D eigenvalue weighted by Crippen LogP contribution is -2.47. The van der Waals surface area contributed by atoms with Gasteiger partial charge in [-0.05, 0) is 31.2 Å². The lowest BCUT2D eigenvalue weighted by Gasteiger charge is -2.43. The Bertz CT molecular complexity index is 404. The molecule has 1 rings (SSSR count). The van der Waals surface area contributed by atoms with Gasteiger partial charge in [-0.1, -0.05) is 72.1 Å². The zero-order valence-electron chi connectivity index (χ0n) is 18.8. The lowest BCUT2D eigenvalue weighted by molar-refractivity contribution is -0.255. The highest BCUT2D eigenvalue weighted by Gasteiger charge is 2.39. The summed E-state index contributed by atoms with van der Waals surface area (Å²) in [5, 5.41) is 0. The van der Waals surface area contributed by atoms with Crippen LogP contribution in [0.2, 0.25) is 0 Å². The molecule has 1 aliphatic heterocycles. The molecule has 1 fully saturated rings. The first-order chi connectivity index (χ1) is 13.5. The Hall–Kier alpha value is -0.650. The lowest BCUT2D eigenvalue weighted by atomic mass is 9.79. The third-order valence-electron chi connectivity index (χ3n) is 6.31. The van der Waals surface area contributed by atoms with Crippen molar-refractivity contribution in [3.63, 3.8) is 0 Å². The van der Waals surface area contributed by atoms with E-state index in [0.29, 0.717) is 24.4 Å². The average Bonchev–Trinajstić information content (AvgIpc) is 2.67. The number of nitrogens with two attached hydrogens (primary N) is 1. The van der Waals surface area contributed by atoms with Crippen LogP contribution in [0, 0.1) is 17.8 Å². The molecule has 5 heteroatoms. The summed E-state index contributed by atoms with van der Waals surface area (Å²) in [5.74, 6) is 0.923. The Morgan fingerprint density at radius 2 is 1.36 bits per heavy atom. The molecule has 1 saturated heterocycles. The number of carbonyl (C=O) groups excluding carboxylic acids is 1. The van der Waals surface area contributed by atoms with Gasteiger partial charge in [0.1, 0.15) is 6.61 Å². The maximum atomic E-state index is 11.1. The molecule has 2 unspecified atom stereocenters. The molecule has 1 aliphatic rings. The van der Waals surface area contributed by atoms with Crippen LogP contribution in [-0.4, -0.2) is 38.1 Å². The third-order valence-corrected chi connectivity index (χ3v) is 6.31. The van der Waals surface area contributed by atoms with Crippen LogP contribution in [-0.2, 0) is 19.0 Å². The predicted molar refractivity (Wildman–Crippen MR) is 114 cm³/mol. The second kappa shape index (κ2) is 15.2. The number of unbranched alkanes of at least 4 members (excludes halogenated alkanes) is 9. The summed E-state index contributed by atoms with van der Waals surface area (Å²) < 4.78 is 17.4. The minimum Gasteiger partial charge on any atom is -0.463 e. The maximum absolute atomic E-state index is 11.1. The molecule has 5 nitrogen and oxygen atoms in total. The van der Waals surface area contributed by atoms with Gasteiger partial charge in [0.25, 0.3) is 0 Å². The fourth-order valence-corrected chi connectivity index (χ4v) is 3.93. The van der Waals surface area contributed by atoms with E-state index in [4.69, 9.17) is 19.9 Å². The number of carbonyl (C=O) groups is 1. The van der Waals surface area contributed by atoms with Gasteiger partial charge in [-0.15, -0.1) is 0 Å². The second-order valence-electron chi connectivity index (χ2n) is 8.62. The fraction of sp³-hybridized carbons (Fsp3) is 0.957. The number of hydrogen-bond acceptors (Lipinski definition) is 5. The van der Waals surface area contributed by atoms with Crippen molar-refractivity contribution in [2.75, 3.05) is 19.8 Å². The van der Waals surface area contributed by atoms with Gasteiger partial charge in [0, 0.05) is 19.4 Å². The highest BCUT2D eigenvalue weighted by Crippen LogP contribution is 2.35. The zero-order valence-corrected chi connectivity index (χ0v) is 18.8. The van der Waals surface area contributed by atoms with Crippen LogP contribution in [0.1, 0.15) is 91.9 Å². The average molecular weight is 400 g/mol. The molecule has 0 aromatic heterocycles. The van der Waals surface area contributed by atoms with Crippen molar-refractivity contribution in [3.05, 3.63) is 0 Å². The molecule has 5 atom stereocenters. The van der Waals surface area contributed by atoms with E-state index in [1.165, 1.54) is 64.7 Å². The standard InChI is InChI=1S/C23H45NO4/c1-18-19(2)22(17-27-21(4)25)28-23(20(18)3)26-16-14-12-10-8-6-5-7-9-11-13-15-24/h18-20,22-23H,5-17,24H2,1-4H3/t18-,19+,20?,22?,23+/m0/s1. The van der Waals surface area contributed by atoms with Crippen molar-refractivity contribution in [3.8, 4) is 0 Å². The Balaban J connectivity index is 2.10. The number of rotatable bonds is 15. The van der Waals surface area contributed by atoms with Crippen LogP contribution in [0.3, 0.4) is 0 Å². The Labute approximate surface area is 173 Å². The van der Waals surface area contributed by atoms with Crippen molar-refractivity contribution in [2.45, 2.75) is 104 Å². The van der Waals surface area contributed by atoms with Crippen LogP contribution in [0.25, 0.3) is 0 Å². The topological polar surface area (TPSA) is 70.8 Å². The van der Waals surface area contributed by atoms with Crippen molar-refractivity contribution in [1.29, 1.82) is 0 Å². The van der Waals surface area contributed by atoms with E-state index in [1.54, 1.807) is 0 Å². The highest BCUT2D eigenvalue weighted by molar-refractivity contribution is 5.65. The maximum Gasteiger partial charge on any atom is 0.302 e. The zero-order chi connectivity index (χ0) is 20.8. The molecule has 0 spiro atoms. The SMILES string of the molecule is CC(=O)OCC1O[C@@H](OCCCCCCCCCCCCN)C(C)[C@@H](C)[C@H]1C. The van der Waals surface area contributed by atoms with Gasteiger partial charge in [0.05, 0.1) is 6.10 Å². The second-order valence-corrected chi connectivity index (χ2v) is 8.62. The Morgan fingerprint density at radius 1 is 0.821 bits per heavy atom. The van der Waals surface area contributed by atoms with E-state index in [0.717, 1.165) is 19.6 Å². The van der Waals surface area contributed by atoms with Gasteiger partial charge in [-0.2, -0.15) is 0 Å². The van der Waals surface area contributed by atoms with Crippen molar-refractivity contribution in [2.24, 2.45) is 23.5 Å². The molecule has 0 amide bonds. The quantitative estimate of drug-likeness (QED) is 0.308. The molecule has 0 aromatic carbocycles. The molecule has 0 radical (unpaired) electrons. The normalized spacial score (nSPS) is 27.7. The van der Waals surface area contributed by atoms with Crippen LogP contribution < -0.4 is 5.73 Å². The Morgan fingerprint density at radius 3 is 1.89 bits per heavy atom. The molecular weight excluding hydrogens is 354 g/mol. The van der Waals surface area contributed by atoms with Gasteiger partial charge in [0.2, 0.25) is 0 Å². The molecule has 28 heavy (non-hydrogen) atoms. The molecular formula is C23H45NO4. The van der Waals surface area contributed by atoms with E-state index in [9.17, 15) is 4.79 Å². The molecule has 0 saturated carbocycles. The van der Waals surface area contributed by atoms with Gasteiger partial charge in [-0.25, -0.2) is 0 Å². The van der Waals surface area contributed by atoms with Crippen LogP contribution in [0.15, 0.2) is 0 Å².